The molecule has 0 saturated heterocycles. The predicted octanol–water partition coefficient (Wildman–Crippen LogP) is 4.86. The lowest BCUT2D eigenvalue weighted by molar-refractivity contribution is -0.148. The van der Waals surface area contributed by atoms with Crippen molar-refractivity contribution in [2.45, 2.75) is 90.9 Å². The zero-order valence-electron chi connectivity index (χ0n) is 14.2. The first kappa shape index (κ1) is 20.4. The average molecular weight is 300 g/mol. The molecule has 0 aromatic heterocycles. The number of esters is 1. The van der Waals surface area contributed by atoms with Gasteiger partial charge in [-0.3, -0.25) is 0 Å². The molecule has 1 N–H and O–H groups in total. The molecule has 0 aromatic carbocycles. The summed E-state index contributed by atoms with van der Waals surface area (Å²) >= 11 is 0. The molecule has 0 rings (SSSR count). The van der Waals surface area contributed by atoms with Crippen molar-refractivity contribution in [3.63, 3.8) is 0 Å². The number of unbranched alkanes of at least 4 members (excludes halogenated alkanes) is 8. The van der Waals surface area contributed by atoms with Crippen molar-refractivity contribution in [1.29, 1.82) is 0 Å². The highest BCUT2D eigenvalue weighted by Gasteiger charge is 2.11. The first-order valence-electron chi connectivity index (χ1n) is 9.01. The summed E-state index contributed by atoms with van der Waals surface area (Å²) in [5, 5.41) is 8.72. The molecule has 0 bridgehead atoms. The Morgan fingerprint density at radius 3 is 1.86 bits per heavy atom. The van der Waals surface area contributed by atoms with Crippen LogP contribution in [0.25, 0.3) is 0 Å². The summed E-state index contributed by atoms with van der Waals surface area (Å²) in [7, 11) is 0. The summed E-state index contributed by atoms with van der Waals surface area (Å²) in [5.41, 5.74) is 0. The van der Waals surface area contributed by atoms with E-state index < -0.39 is 12.6 Å². The molecule has 0 saturated carbocycles. The Morgan fingerprint density at radius 1 is 0.857 bits per heavy atom. The molecule has 1 atom stereocenters. The second kappa shape index (κ2) is 15.8. The summed E-state index contributed by atoms with van der Waals surface area (Å²) in [6, 6.07) is 0. The van der Waals surface area contributed by atoms with Crippen LogP contribution >= 0.6 is 0 Å². The lowest BCUT2D eigenvalue weighted by Crippen LogP contribution is -2.16. The first-order chi connectivity index (χ1) is 10.2. The van der Waals surface area contributed by atoms with Gasteiger partial charge in [-0.25, -0.2) is 4.79 Å². The first-order valence-corrected chi connectivity index (χ1v) is 9.01. The van der Waals surface area contributed by atoms with E-state index in [9.17, 15) is 4.79 Å². The summed E-state index contributed by atoms with van der Waals surface area (Å²) in [4.78, 5) is 11.1. The van der Waals surface area contributed by atoms with Crippen LogP contribution in [0, 0.1) is 5.92 Å². The largest absolute Gasteiger partial charge is 0.464 e. The fraction of sp³-hybridized carbons (Fsp3) is 0.944. The van der Waals surface area contributed by atoms with E-state index in [0.29, 0.717) is 12.5 Å². The number of rotatable bonds is 15. The van der Waals surface area contributed by atoms with Gasteiger partial charge < -0.3 is 9.84 Å². The van der Waals surface area contributed by atoms with E-state index in [0.717, 1.165) is 12.8 Å². The van der Waals surface area contributed by atoms with E-state index in [1.807, 2.05) is 0 Å². The maximum absolute atomic E-state index is 11.1. The number of aliphatic hydroxyl groups is 1. The van der Waals surface area contributed by atoms with Crippen LogP contribution in [-0.4, -0.2) is 24.3 Å². The summed E-state index contributed by atoms with van der Waals surface area (Å²) < 4.78 is 5.12. The number of hydrogen-bond acceptors (Lipinski definition) is 3. The zero-order chi connectivity index (χ0) is 15.8. The highest BCUT2D eigenvalue weighted by molar-refractivity contribution is 5.70. The Bertz CT molecular complexity index is 229. The van der Waals surface area contributed by atoms with Crippen molar-refractivity contribution in [2.24, 2.45) is 5.92 Å². The van der Waals surface area contributed by atoms with Gasteiger partial charge in [0.1, 0.15) is 6.61 Å². The topological polar surface area (TPSA) is 46.5 Å². The van der Waals surface area contributed by atoms with E-state index in [4.69, 9.17) is 9.84 Å². The van der Waals surface area contributed by atoms with Gasteiger partial charge in [-0.05, 0) is 18.8 Å². The molecule has 0 aliphatic carbocycles. The van der Waals surface area contributed by atoms with Gasteiger partial charge in [0, 0.05) is 0 Å². The highest BCUT2D eigenvalue weighted by Crippen LogP contribution is 2.19. The molecule has 0 fully saturated rings. The van der Waals surface area contributed by atoms with Crippen LogP contribution in [0.3, 0.4) is 0 Å². The van der Waals surface area contributed by atoms with Gasteiger partial charge in [-0.2, -0.15) is 0 Å². The Hall–Kier alpha value is -0.570. The highest BCUT2D eigenvalue weighted by atomic mass is 16.5. The molecule has 3 nitrogen and oxygen atoms in total. The number of ether oxygens (including phenoxy) is 1. The Labute approximate surface area is 131 Å². The Morgan fingerprint density at radius 2 is 1.33 bits per heavy atom. The van der Waals surface area contributed by atoms with Crippen LogP contribution in [0.5, 0.6) is 0 Å². The van der Waals surface area contributed by atoms with Crippen LogP contribution in [0.2, 0.25) is 0 Å². The third-order valence-corrected chi connectivity index (χ3v) is 4.04. The van der Waals surface area contributed by atoms with Crippen molar-refractivity contribution in [1.82, 2.24) is 0 Å². The van der Waals surface area contributed by atoms with Gasteiger partial charge in [0.05, 0.1) is 6.61 Å². The smallest absolute Gasteiger partial charge is 0.331 e. The molecule has 21 heavy (non-hydrogen) atoms. The molecule has 0 aromatic rings. The zero-order valence-corrected chi connectivity index (χ0v) is 14.2. The minimum Gasteiger partial charge on any atom is -0.464 e. The van der Waals surface area contributed by atoms with Crippen LogP contribution in [-0.2, 0) is 9.53 Å². The molecule has 0 radical (unpaired) electrons. The molecule has 0 aliphatic rings. The molecule has 0 spiro atoms. The minimum atomic E-state index is -0.500. The molecular formula is C18H36O3. The summed E-state index contributed by atoms with van der Waals surface area (Å²) in [6.07, 6.45) is 15.2. The number of aliphatic hydroxyl groups excluding tert-OH is 1. The molecular weight excluding hydrogens is 264 g/mol. The Balaban J connectivity index is 3.80. The number of carbonyl (C=O) groups excluding carboxylic acids is 1. The van der Waals surface area contributed by atoms with Crippen molar-refractivity contribution in [3.05, 3.63) is 0 Å². The standard InChI is InChI=1S/C18H36O3/c1-3-5-7-9-10-12-14-17(13-11-8-6-4-2)16-21-18(20)15-19/h17,19H,3-16H2,1-2H3. The third kappa shape index (κ3) is 14.1. The normalized spacial score (nSPS) is 12.3. The second-order valence-electron chi connectivity index (χ2n) is 6.11. The maximum Gasteiger partial charge on any atom is 0.331 e. The number of hydrogen-bond donors (Lipinski definition) is 1. The fourth-order valence-corrected chi connectivity index (χ4v) is 2.64. The fourth-order valence-electron chi connectivity index (χ4n) is 2.64. The SMILES string of the molecule is CCCCCCCCC(CCCCCC)COC(=O)CO. The van der Waals surface area contributed by atoms with E-state index >= 15 is 0 Å². The van der Waals surface area contributed by atoms with Crippen molar-refractivity contribution in [2.75, 3.05) is 13.2 Å². The monoisotopic (exact) mass is 300 g/mol. The third-order valence-electron chi connectivity index (χ3n) is 4.04. The van der Waals surface area contributed by atoms with Gasteiger partial charge in [0.15, 0.2) is 0 Å². The van der Waals surface area contributed by atoms with Crippen LogP contribution < -0.4 is 0 Å². The summed E-state index contributed by atoms with van der Waals surface area (Å²) in [5.74, 6) is -0.0139. The lowest BCUT2D eigenvalue weighted by Gasteiger charge is -2.16. The lowest BCUT2D eigenvalue weighted by atomic mass is 9.95. The van der Waals surface area contributed by atoms with Crippen LogP contribution in [0.4, 0.5) is 0 Å². The molecule has 0 amide bonds. The quantitative estimate of drug-likeness (QED) is 0.347. The second-order valence-corrected chi connectivity index (χ2v) is 6.11. The van der Waals surface area contributed by atoms with Crippen molar-refractivity contribution in [3.8, 4) is 0 Å². The predicted molar refractivity (Wildman–Crippen MR) is 88.3 cm³/mol. The summed E-state index contributed by atoms with van der Waals surface area (Å²) in [6.45, 7) is 4.44. The maximum atomic E-state index is 11.1. The van der Waals surface area contributed by atoms with E-state index in [-0.39, 0.29) is 0 Å². The minimum absolute atomic E-state index is 0.475. The molecule has 0 heterocycles. The van der Waals surface area contributed by atoms with E-state index in [1.165, 1.54) is 64.2 Å². The van der Waals surface area contributed by atoms with E-state index in [2.05, 4.69) is 13.8 Å². The van der Waals surface area contributed by atoms with Crippen LogP contribution in [0.1, 0.15) is 90.9 Å². The van der Waals surface area contributed by atoms with E-state index in [1.54, 1.807) is 0 Å². The van der Waals surface area contributed by atoms with Crippen LogP contribution in [0.15, 0.2) is 0 Å². The van der Waals surface area contributed by atoms with Gasteiger partial charge in [0.2, 0.25) is 0 Å². The molecule has 126 valence electrons. The van der Waals surface area contributed by atoms with Crippen molar-refractivity contribution >= 4 is 5.97 Å². The average Bonchev–Trinajstić information content (AvgIpc) is 2.51. The van der Waals surface area contributed by atoms with Crippen molar-refractivity contribution < 1.29 is 14.6 Å². The van der Waals surface area contributed by atoms with Gasteiger partial charge in [-0.1, -0.05) is 78.1 Å². The Kier molecular flexibility index (Phi) is 15.4. The molecule has 3 heteroatoms. The molecule has 0 aliphatic heterocycles. The molecule has 1 unspecified atom stereocenters. The van der Waals surface area contributed by atoms with Gasteiger partial charge >= 0.3 is 5.97 Å². The van der Waals surface area contributed by atoms with Gasteiger partial charge in [0.25, 0.3) is 0 Å². The van der Waals surface area contributed by atoms with Gasteiger partial charge in [-0.15, -0.1) is 0 Å². The number of carbonyl (C=O) groups is 1.